The molecule has 3 aromatic carbocycles. The van der Waals surface area contributed by atoms with Crippen LogP contribution in [0.4, 0.5) is 5.69 Å². The molecule has 192 valence electrons. The summed E-state index contributed by atoms with van der Waals surface area (Å²) in [6, 6.07) is 21.4. The maximum absolute atomic E-state index is 13.6. The molecule has 3 aromatic rings. The van der Waals surface area contributed by atoms with Gasteiger partial charge in [0.15, 0.2) is 6.61 Å². The number of hydrogen-bond donors (Lipinski definition) is 1. The highest BCUT2D eigenvalue weighted by Gasteiger charge is 2.35. The molecule has 2 heterocycles. The maximum atomic E-state index is 13.6. The third-order valence-corrected chi connectivity index (χ3v) is 8.87. The van der Waals surface area contributed by atoms with E-state index in [4.69, 9.17) is 4.74 Å². The molecule has 0 saturated carbocycles. The van der Waals surface area contributed by atoms with Gasteiger partial charge in [0.05, 0.1) is 11.7 Å². The Morgan fingerprint density at radius 1 is 0.973 bits per heavy atom. The fraction of sp³-hybridized carbons (Fsp3) is 0.310. The normalized spacial score (nSPS) is 17.2. The topological polar surface area (TPSA) is 61.9 Å². The highest BCUT2D eigenvalue weighted by molar-refractivity contribution is 9.13. The zero-order chi connectivity index (χ0) is 25.9. The SMILES string of the molecule is CC(C(=O)NC(CN1CCCC1)c1ccc(-c2ccccc2)cc1)N1C(=O)COc2cc(Br)c(Br)cc21. The number of carbonyl (C=O) groups excluding carboxylic acids is 2. The zero-order valence-corrected chi connectivity index (χ0v) is 23.8. The molecule has 0 bridgehead atoms. The number of nitrogens with zero attached hydrogens (tertiary/aromatic N) is 2. The molecule has 37 heavy (non-hydrogen) atoms. The summed E-state index contributed by atoms with van der Waals surface area (Å²) < 4.78 is 7.24. The van der Waals surface area contributed by atoms with E-state index in [1.165, 1.54) is 17.7 Å². The average molecular weight is 627 g/mol. The lowest BCUT2D eigenvalue weighted by atomic mass is 10.00. The maximum Gasteiger partial charge on any atom is 0.265 e. The predicted molar refractivity (Wildman–Crippen MR) is 153 cm³/mol. The number of ether oxygens (including phenoxy) is 1. The van der Waals surface area contributed by atoms with Gasteiger partial charge in [-0.05, 0) is 93.5 Å². The van der Waals surface area contributed by atoms with E-state index in [-0.39, 0.29) is 24.5 Å². The van der Waals surface area contributed by atoms with Gasteiger partial charge in [0.2, 0.25) is 5.91 Å². The largest absolute Gasteiger partial charge is 0.482 e. The number of amides is 2. The number of carbonyl (C=O) groups is 2. The van der Waals surface area contributed by atoms with Crippen molar-refractivity contribution in [2.75, 3.05) is 31.1 Å². The lowest BCUT2D eigenvalue weighted by Gasteiger charge is -2.35. The van der Waals surface area contributed by atoms with Crippen LogP contribution in [-0.2, 0) is 9.59 Å². The molecule has 1 saturated heterocycles. The Bertz CT molecular complexity index is 1280. The average Bonchev–Trinajstić information content (AvgIpc) is 3.43. The van der Waals surface area contributed by atoms with Crippen LogP contribution in [0.15, 0.2) is 75.7 Å². The Hall–Kier alpha value is -2.68. The Morgan fingerprint density at radius 2 is 1.62 bits per heavy atom. The zero-order valence-electron chi connectivity index (χ0n) is 20.6. The second-order valence-corrected chi connectivity index (χ2v) is 11.2. The van der Waals surface area contributed by atoms with E-state index in [9.17, 15) is 9.59 Å². The monoisotopic (exact) mass is 625 g/mol. The summed E-state index contributed by atoms with van der Waals surface area (Å²) in [7, 11) is 0. The Kier molecular flexibility index (Phi) is 7.98. The van der Waals surface area contributed by atoms with Crippen molar-refractivity contribution in [2.24, 2.45) is 0 Å². The molecular weight excluding hydrogens is 598 g/mol. The minimum Gasteiger partial charge on any atom is -0.482 e. The number of halogens is 2. The second-order valence-electron chi connectivity index (χ2n) is 9.52. The van der Waals surface area contributed by atoms with Gasteiger partial charge in [-0.2, -0.15) is 0 Å². The van der Waals surface area contributed by atoms with E-state index in [1.54, 1.807) is 6.92 Å². The minimum absolute atomic E-state index is 0.100. The Morgan fingerprint density at radius 3 is 2.32 bits per heavy atom. The molecule has 1 N–H and O–H groups in total. The van der Waals surface area contributed by atoms with Crippen LogP contribution in [0.25, 0.3) is 11.1 Å². The quantitative estimate of drug-likeness (QED) is 0.352. The van der Waals surface area contributed by atoms with Crippen molar-refractivity contribution in [3.8, 4) is 16.9 Å². The van der Waals surface area contributed by atoms with E-state index >= 15 is 0 Å². The predicted octanol–water partition coefficient (Wildman–Crippen LogP) is 5.95. The molecule has 0 aliphatic carbocycles. The van der Waals surface area contributed by atoms with Gasteiger partial charge in [-0.1, -0.05) is 54.6 Å². The number of benzene rings is 3. The highest BCUT2D eigenvalue weighted by Crippen LogP contribution is 2.40. The first kappa shape index (κ1) is 25.9. The van der Waals surface area contributed by atoms with Crippen LogP contribution in [0.2, 0.25) is 0 Å². The van der Waals surface area contributed by atoms with Crippen molar-refractivity contribution in [2.45, 2.75) is 31.8 Å². The standard InChI is InChI=1S/C29H29Br2N3O3/c1-19(34-26-15-23(30)24(31)16-27(26)37-18-28(34)35)29(36)32-25(17-33-13-5-6-14-33)22-11-9-21(10-12-22)20-7-3-2-4-8-20/h2-4,7-12,15-16,19,25H,5-6,13-14,17-18H2,1H3,(H,32,36). The van der Waals surface area contributed by atoms with Crippen molar-refractivity contribution in [1.82, 2.24) is 10.2 Å². The summed E-state index contributed by atoms with van der Waals surface area (Å²) in [4.78, 5) is 30.4. The summed E-state index contributed by atoms with van der Waals surface area (Å²) in [5.41, 5.74) is 3.92. The summed E-state index contributed by atoms with van der Waals surface area (Å²) >= 11 is 6.98. The van der Waals surface area contributed by atoms with E-state index in [1.807, 2.05) is 30.3 Å². The van der Waals surface area contributed by atoms with Gasteiger partial charge in [-0.25, -0.2) is 0 Å². The Balaban J connectivity index is 1.38. The fourth-order valence-electron chi connectivity index (χ4n) is 5.00. The molecule has 2 aliphatic heterocycles. The van der Waals surface area contributed by atoms with Crippen LogP contribution >= 0.6 is 31.9 Å². The molecule has 8 heteroatoms. The third-order valence-electron chi connectivity index (χ3n) is 7.02. The van der Waals surface area contributed by atoms with Crippen LogP contribution in [0.1, 0.15) is 31.4 Å². The van der Waals surface area contributed by atoms with E-state index in [0.717, 1.165) is 45.3 Å². The third kappa shape index (κ3) is 5.76. The number of rotatable bonds is 7. The van der Waals surface area contributed by atoms with Crippen LogP contribution in [0.3, 0.4) is 0 Å². The van der Waals surface area contributed by atoms with Crippen LogP contribution in [0, 0.1) is 0 Å². The molecule has 5 rings (SSSR count). The van der Waals surface area contributed by atoms with E-state index in [2.05, 4.69) is 78.5 Å². The summed E-state index contributed by atoms with van der Waals surface area (Å²) in [5, 5.41) is 3.26. The van der Waals surface area contributed by atoms with Gasteiger partial charge in [0.1, 0.15) is 11.8 Å². The molecule has 6 nitrogen and oxygen atoms in total. The summed E-state index contributed by atoms with van der Waals surface area (Å²) in [6.07, 6.45) is 2.35. The molecule has 1 fully saturated rings. The first-order valence-electron chi connectivity index (χ1n) is 12.5. The van der Waals surface area contributed by atoms with Gasteiger partial charge in [-0.3, -0.25) is 14.5 Å². The lowest BCUT2D eigenvalue weighted by molar-refractivity contribution is -0.128. The molecule has 2 atom stereocenters. The Labute approximate surface area is 234 Å². The highest BCUT2D eigenvalue weighted by atomic mass is 79.9. The summed E-state index contributed by atoms with van der Waals surface area (Å²) in [5.74, 6) is 0.128. The number of nitrogens with one attached hydrogen (secondary N) is 1. The van der Waals surface area contributed by atoms with Gasteiger partial charge in [0, 0.05) is 15.5 Å². The van der Waals surface area contributed by atoms with Crippen molar-refractivity contribution in [1.29, 1.82) is 0 Å². The molecule has 0 radical (unpaired) electrons. The minimum atomic E-state index is -0.701. The van der Waals surface area contributed by atoms with Crippen molar-refractivity contribution in [3.05, 3.63) is 81.2 Å². The van der Waals surface area contributed by atoms with Crippen molar-refractivity contribution in [3.63, 3.8) is 0 Å². The molecule has 0 spiro atoms. The van der Waals surface area contributed by atoms with Crippen molar-refractivity contribution < 1.29 is 14.3 Å². The number of hydrogen-bond acceptors (Lipinski definition) is 4. The van der Waals surface area contributed by atoms with Gasteiger partial charge in [0.25, 0.3) is 5.91 Å². The molecule has 2 unspecified atom stereocenters. The fourth-order valence-corrected chi connectivity index (χ4v) is 5.65. The lowest BCUT2D eigenvalue weighted by Crippen LogP contribution is -2.52. The van der Waals surface area contributed by atoms with Gasteiger partial charge < -0.3 is 15.0 Å². The molecule has 2 aliphatic rings. The van der Waals surface area contributed by atoms with Crippen LogP contribution in [0.5, 0.6) is 5.75 Å². The van der Waals surface area contributed by atoms with Crippen LogP contribution < -0.4 is 15.0 Å². The molecule has 0 aromatic heterocycles. The molecule has 2 amide bonds. The first-order chi connectivity index (χ1) is 17.9. The van der Waals surface area contributed by atoms with E-state index < -0.39 is 6.04 Å². The number of anilines is 1. The number of fused-ring (bicyclic) bond motifs is 1. The molecular formula is C29H29Br2N3O3. The first-order valence-corrected chi connectivity index (χ1v) is 14.1. The second kappa shape index (κ2) is 11.4. The number of likely N-dealkylation sites (tertiary alicyclic amines) is 1. The summed E-state index contributed by atoms with van der Waals surface area (Å²) in [6.45, 7) is 4.46. The van der Waals surface area contributed by atoms with E-state index in [0.29, 0.717) is 11.4 Å². The van der Waals surface area contributed by atoms with Crippen molar-refractivity contribution >= 4 is 49.4 Å². The smallest absolute Gasteiger partial charge is 0.265 e. The van der Waals surface area contributed by atoms with Crippen LogP contribution in [-0.4, -0.2) is 49.0 Å². The van der Waals surface area contributed by atoms with Gasteiger partial charge >= 0.3 is 0 Å². The van der Waals surface area contributed by atoms with Gasteiger partial charge in [-0.15, -0.1) is 0 Å².